The summed E-state index contributed by atoms with van der Waals surface area (Å²) < 4.78 is 66.2. The number of nitrogens with one attached hydrogen (secondary N) is 1. The number of halogens is 5. The number of hydrogen-bond acceptors (Lipinski definition) is 4. The van der Waals surface area contributed by atoms with Gasteiger partial charge < -0.3 is 5.32 Å². The van der Waals surface area contributed by atoms with E-state index in [0.717, 1.165) is 18.3 Å². The fourth-order valence-corrected chi connectivity index (χ4v) is 4.88. The van der Waals surface area contributed by atoms with Gasteiger partial charge in [0.05, 0.1) is 11.8 Å². The molecule has 198 valence electrons. The Morgan fingerprint density at radius 1 is 1.05 bits per heavy atom. The molecule has 0 aliphatic heterocycles. The molecule has 38 heavy (non-hydrogen) atoms. The lowest BCUT2D eigenvalue weighted by atomic mass is 9.85. The van der Waals surface area contributed by atoms with E-state index in [4.69, 9.17) is 0 Å². The number of alkyl halides is 3. The summed E-state index contributed by atoms with van der Waals surface area (Å²) in [5.41, 5.74) is 1.28. The molecular formula is C28H23F5N2O3. The maximum absolute atomic E-state index is 14.2. The van der Waals surface area contributed by atoms with Crippen LogP contribution in [0.2, 0.25) is 0 Å². The highest BCUT2D eigenvalue weighted by molar-refractivity contribution is 6.15. The maximum atomic E-state index is 14.2. The molecule has 1 fully saturated rings. The number of hydrogen-bond donors (Lipinski definition) is 1. The number of Topliss-reactive ketones (excluding diaryl/α,β-unsaturated/α-hetero) is 2. The van der Waals surface area contributed by atoms with Gasteiger partial charge in [-0.25, -0.2) is 8.78 Å². The lowest BCUT2D eigenvalue weighted by Crippen LogP contribution is -2.27. The number of amides is 1. The molecule has 2 unspecified atom stereocenters. The summed E-state index contributed by atoms with van der Waals surface area (Å²) in [4.78, 5) is 42.3. The minimum Gasteiger partial charge on any atom is -0.352 e. The zero-order chi connectivity index (χ0) is 27.8. The Morgan fingerprint density at radius 2 is 1.74 bits per heavy atom. The number of rotatable bonds is 6. The van der Waals surface area contributed by atoms with Gasteiger partial charge in [0.2, 0.25) is 5.91 Å². The van der Waals surface area contributed by atoms with Crippen LogP contribution in [0, 0.1) is 31.4 Å². The Kier molecular flexibility index (Phi) is 7.44. The van der Waals surface area contributed by atoms with Crippen LogP contribution >= 0.6 is 0 Å². The second-order valence-corrected chi connectivity index (χ2v) is 9.39. The first kappa shape index (κ1) is 27.1. The van der Waals surface area contributed by atoms with Gasteiger partial charge in [-0.05, 0) is 60.4 Å². The minimum atomic E-state index is -4.51. The summed E-state index contributed by atoms with van der Waals surface area (Å²) in [6, 6.07) is 8.40. The molecule has 0 radical (unpaired) electrons. The molecule has 0 saturated heterocycles. The number of benzene rings is 2. The van der Waals surface area contributed by atoms with E-state index in [0.29, 0.717) is 28.3 Å². The molecule has 2 aromatic carbocycles. The Morgan fingerprint density at radius 3 is 2.37 bits per heavy atom. The predicted octanol–water partition coefficient (Wildman–Crippen LogP) is 5.61. The van der Waals surface area contributed by atoms with Crippen LogP contribution in [0.15, 0.2) is 48.7 Å². The lowest BCUT2D eigenvalue weighted by Gasteiger charge is -2.17. The van der Waals surface area contributed by atoms with Gasteiger partial charge in [-0.2, -0.15) is 13.2 Å². The van der Waals surface area contributed by atoms with Crippen LogP contribution in [0.4, 0.5) is 22.0 Å². The smallest absolute Gasteiger partial charge is 0.352 e. The number of nitrogens with zero attached hydrogens (tertiary/aromatic N) is 1. The van der Waals surface area contributed by atoms with Gasteiger partial charge in [0.1, 0.15) is 23.2 Å². The predicted molar refractivity (Wildman–Crippen MR) is 128 cm³/mol. The van der Waals surface area contributed by atoms with Crippen LogP contribution in [-0.2, 0) is 27.1 Å². The summed E-state index contributed by atoms with van der Waals surface area (Å²) in [7, 11) is 0. The van der Waals surface area contributed by atoms with E-state index in [1.165, 1.54) is 12.1 Å². The van der Waals surface area contributed by atoms with E-state index in [1.807, 2.05) is 0 Å². The Hall–Kier alpha value is -3.95. The van der Waals surface area contributed by atoms with E-state index in [9.17, 15) is 36.3 Å². The molecule has 1 amide bonds. The lowest BCUT2D eigenvalue weighted by molar-refractivity contribution is -0.137. The molecule has 1 saturated carbocycles. The van der Waals surface area contributed by atoms with Gasteiger partial charge in [-0.15, -0.1) is 0 Å². The largest absolute Gasteiger partial charge is 0.416 e. The van der Waals surface area contributed by atoms with Gasteiger partial charge in [-0.1, -0.05) is 12.1 Å². The van der Waals surface area contributed by atoms with E-state index in [1.54, 1.807) is 26.0 Å². The average molecular weight is 530 g/mol. The maximum Gasteiger partial charge on any atom is 0.416 e. The Balaban J connectivity index is 1.47. The Bertz CT molecular complexity index is 1410. The van der Waals surface area contributed by atoms with Crippen molar-refractivity contribution in [1.82, 2.24) is 10.3 Å². The minimum absolute atomic E-state index is 0.0662. The summed E-state index contributed by atoms with van der Waals surface area (Å²) in [5.74, 6) is -4.95. The molecule has 1 aliphatic carbocycles. The van der Waals surface area contributed by atoms with E-state index in [-0.39, 0.29) is 36.4 Å². The highest BCUT2D eigenvalue weighted by Gasteiger charge is 2.44. The van der Waals surface area contributed by atoms with Crippen molar-refractivity contribution in [3.8, 4) is 11.3 Å². The third-order valence-corrected chi connectivity index (χ3v) is 6.60. The van der Waals surface area contributed by atoms with Crippen LogP contribution in [0.5, 0.6) is 0 Å². The SMILES string of the molecule is Cc1cc(-c2ncc(F)cc2F)cc(C)c1C1C(=O)CC(CC(=O)NCc2cccc(C(F)(F)F)c2)C1=O. The standard InChI is InChI=1S/C28H23F5N2O3/c1-14-6-17(26-21(30)11-20(29)13-35-26)7-15(2)24(14)25-22(36)9-18(27(25)38)10-23(37)34-12-16-4-3-5-19(8-16)28(31,32)33/h3-8,11,13,18,25H,9-10,12H2,1-2H3,(H,34,37). The van der Waals surface area contributed by atoms with Crippen LogP contribution < -0.4 is 5.32 Å². The first-order valence-corrected chi connectivity index (χ1v) is 11.8. The van der Waals surface area contributed by atoms with Gasteiger partial charge in [0.25, 0.3) is 0 Å². The van der Waals surface area contributed by atoms with Crippen molar-refractivity contribution in [2.45, 2.75) is 45.3 Å². The fraction of sp³-hybridized carbons (Fsp3) is 0.286. The van der Waals surface area contributed by atoms with Crippen molar-refractivity contribution in [3.63, 3.8) is 0 Å². The highest BCUT2D eigenvalue weighted by Crippen LogP contribution is 2.39. The molecule has 4 rings (SSSR count). The molecule has 5 nitrogen and oxygen atoms in total. The van der Waals surface area contributed by atoms with Crippen molar-refractivity contribution in [1.29, 1.82) is 0 Å². The molecule has 10 heteroatoms. The number of aromatic nitrogens is 1. The third-order valence-electron chi connectivity index (χ3n) is 6.60. The zero-order valence-electron chi connectivity index (χ0n) is 20.5. The zero-order valence-corrected chi connectivity index (χ0v) is 20.5. The van der Waals surface area contributed by atoms with Gasteiger partial charge in [0.15, 0.2) is 11.6 Å². The molecule has 0 spiro atoms. The van der Waals surface area contributed by atoms with E-state index in [2.05, 4.69) is 10.3 Å². The van der Waals surface area contributed by atoms with Crippen LogP contribution in [-0.4, -0.2) is 22.5 Å². The van der Waals surface area contributed by atoms with Crippen molar-refractivity contribution in [2.75, 3.05) is 0 Å². The monoisotopic (exact) mass is 530 g/mol. The second-order valence-electron chi connectivity index (χ2n) is 9.39. The van der Waals surface area contributed by atoms with Crippen molar-refractivity contribution in [2.24, 2.45) is 5.92 Å². The van der Waals surface area contributed by atoms with Crippen LogP contribution in [0.25, 0.3) is 11.3 Å². The van der Waals surface area contributed by atoms with Gasteiger partial charge in [0, 0.05) is 36.9 Å². The van der Waals surface area contributed by atoms with Crippen molar-refractivity contribution < 1.29 is 36.3 Å². The van der Waals surface area contributed by atoms with Crippen LogP contribution in [0.3, 0.4) is 0 Å². The summed E-state index contributed by atoms with van der Waals surface area (Å²) in [5, 5.41) is 2.51. The molecule has 1 aliphatic rings. The molecule has 1 heterocycles. The third kappa shape index (κ3) is 5.64. The number of ketones is 2. The van der Waals surface area contributed by atoms with Crippen LogP contribution in [0.1, 0.15) is 46.6 Å². The number of aryl methyl sites for hydroxylation is 2. The first-order chi connectivity index (χ1) is 17.8. The molecule has 3 aromatic rings. The quantitative estimate of drug-likeness (QED) is 0.332. The second kappa shape index (κ2) is 10.4. The Labute approximate surface area is 215 Å². The topological polar surface area (TPSA) is 76.1 Å². The number of carbonyl (C=O) groups is 3. The normalized spacial score (nSPS) is 17.7. The summed E-state index contributed by atoms with van der Waals surface area (Å²) in [6.07, 6.45) is -4.04. The van der Waals surface area contributed by atoms with E-state index < -0.39 is 46.9 Å². The van der Waals surface area contributed by atoms with Crippen molar-refractivity contribution >= 4 is 17.5 Å². The van der Waals surface area contributed by atoms with Crippen molar-refractivity contribution in [3.05, 3.63) is 88.1 Å². The highest BCUT2D eigenvalue weighted by atomic mass is 19.4. The summed E-state index contributed by atoms with van der Waals surface area (Å²) in [6.45, 7) is 3.18. The molecule has 2 atom stereocenters. The average Bonchev–Trinajstić information content (AvgIpc) is 3.09. The van der Waals surface area contributed by atoms with Gasteiger partial charge in [-0.3, -0.25) is 19.4 Å². The van der Waals surface area contributed by atoms with E-state index >= 15 is 0 Å². The molecule has 1 aromatic heterocycles. The fourth-order valence-electron chi connectivity index (χ4n) is 4.88. The summed E-state index contributed by atoms with van der Waals surface area (Å²) >= 11 is 0. The number of carbonyl (C=O) groups excluding carboxylic acids is 3. The van der Waals surface area contributed by atoms with Gasteiger partial charge >= 0.3 is 6.18 Å². The molecule has 1 N–H and O–H groups in total. The first-order valence-electron chi connectivity index (χ1n) is 11.8. The number of pyridine rings is 1. The molecular weight excluding hydrogens is 507 g/mol. The molecule has 0 bridgehead atoms.